The molecule has 21 heavy (non-hydrogen) atoms. The zero-order valence-electron chi connectivity index (χ0n) is 13.1. The minimum Gasteiger partial charge on any atom is -0.496 e. The van der Waals surface area contributed by atoms with Crippen molar-refractivity contribution in [2.24, 2.45) is 5.41 Å². The van der Waals surface area contributed by atoms with E-state index < -0.39 is 11.4 Å². The van der Waals surface area contributed by atoms with Crippen LogP contribution in [0.1, 0.15) is 44.7 Å². The fourth-order valence-corrected chi connectivity index (χ4v) is 3.32. The molecule has 2 rings (SSSR count). The molecular weight excluding hydrogens is 266 g/mol. The number of hydrogen-bond acceptors (Lipinski definition) is 3. The van der Waals surface area contributed by atoms with Gasteiger partial charge in [0, 0.05) is 18.2 Å². The van der Waals surface area contributed by atoms with Crippen molar-refractivity contribution < 1.29 is 14.6 Å². The normalized spacial score (nSPS) is 24.5. The Morgan fingerprint density at radius 3 is 2.81 bits per heavy atom. The number of nitrogens with zero attached hydrogens (tertiary/aromatic N) is 1. The summed E-state index contributed by atoms with van der Waals surface area (Å²) < 4.78 is 5.44. The van der Waals surface area contributed by atoms with Crippen molar-refractivity contribution in [3.05, 3.63) is 29.8 Å². The first-order valence-corrected chi connectivity index (χ1v) is 7.64. The Labute approximate surface area is 126 Å². The monoisotopic (exact) mass is 291 g/mol. The minimum absolute atomic E-state index is 0.159. The molecule has 1 aromatic carbocycles. The van der Waals surface area contributed by atoms with Crippen LogP contribution in [0, 0.1) is 5.41 Å². The molecule has 0 aromatic heterocycles. The van der Waals surface area contributed by atoms with Crippen molar-refractivity contribution in [3.63, 3.8) is 0 Å². The van der Waals surface area contributed by atoms with E-state index in [0.29, 0.717) is 13.0 Å². The average Bonchev–Trinajstić information content (AvgIpc) is 2.53. The number of carbonyl (C=O) groups is 1. The first kappa shape index (κ1) is 15.8. The molecule has 4 nitrogen and oxygen atoms in total. The molecule has 2 atom stereocenters. The smallest absolute Gasteiger partial charge is 0.310 e. The number of ether oxygens (including phenoxy) is 1. The average molecular weight is 291 g/mol. The fourth-order valence-electron chi connectivity index (χ4n) is 3.32. The van der Waals surface area contributed by atoms with Crippen LogP contribution in [0.2, 0.25) is 0 Å². The number of likely N-dealkylation sites (tertiary alicyclic amines) is 1. The van der Waals surface area contributed by atoms with Gasteiger partial charge in [-0.15, -0.1) is 0 Å². The van der Waals surface area contributed by atoms with Gasteiger partial charge in [0.2, 0.25) is 0 Å². The molecule has 1 aliphatic rings. The van der Waals surface area contributed by atoms with Gasteiger partial charge in [-0.3, -0.25) is 9.69 Å². The highest BCUT2D eigenvalue weighted by atomic mass is 16.5. The Hall–Kier alpha value is -1.55. The Kier molecular flexibility index (Phi) is 4.88. The molecule has 1 aliphatic heterocycles. The number of carboxylic acids is 1. The summed E-state index contributed by atoms with van der Waals surface area (Å²) in [5.74, 6) is 0.204. The summed E-state index contributed by atoms with van der Waals surface area (Å²) in [4.78, 5) is 14.0. The van der Waals surface area contributed by atoms with Gasteiger partial charge in [0.15, 0.2) is 0 Å². The molecule has 116 valence electrons. The number of piperidine rings is 1. The molecule has 0 aliphatic carbocycles. The summed E-state index contributed by atoms with van der Waals surface area (Å²) in [5.41, 5.74) is 0.520. The topological polar surface area (TPSA) is 49.8 Å². The molecule has 1 fully saturated rings. The van der Waals surface area contributed by atoms with E-state index in [0.717, 1.165) is 30.7 Å². The summed E-state index contributed by atoms with van der Waals surface area (Å²) >= 11 is 0. The molecule has 0 bridgehead atoms. The first-order chi connectivity index (χ1) is 10.0. The molecule has 1 heterocycles. The number of carboxylic acid groups (broad SMARTS) is 1. The molecule has 1 saturated heterocycles. The maximum absolute atomic E-state index is 11.7. The third-order valence-corrected chi connectivity index (χ3v) is 4.87. The molecular formula is C17H25NO3. The number of methoxy groups -OCH3 is 1. The van der Waals surface area contributed by atoms with Crippen LogP contribution in [0.15, 0.2) is 24.3 Å². The molecule has 4 heteroatoms. The van der Waals surface area contributed by atoms with Crippen LogP contribution in [0.25, 0.3) is 0 Å². The first-order valence-electron chi connectivity index (χ1n) is 7.64. The van der Waals surface area contributed by atoms with Gasteiger partial charge in [-0.05, 0) is 38.8 Å². The second kappa shape index (κ2) is 6.48. The summed E-state index contributed by atoms with van der Waals surface area (Å²) in [6.07, 6.45) is 2.38. The highest BCUT2D eigenvalue weighted by Crippen LogP contribution is 2.38. The van der Waals surface area contributed by atoms with E-state index >= 15 is 0 Å². The van der Waals surface area contributed by atoms with Crippen molar-refractivity contribution in [1.82, 2.24) is 4.90 Å². The van der Waals surface area contributed by atoms with Crippen molar-refractivity contribution in [2.45, 2.75) is 39.2 Å². The van der Waals surface area contributed by atoms with Gasteiger partial charge in [-0.2, -0.15) is 0 Å². The fraction of sp³-hybridized carbons (Fsp3) is 0.588. The van der Waals surface area contributed by atoms with Crippen LogP contribution in [-0.2, 0) is 4.79 Å². The van der Waals surface area contributed by atoms with E-state index in [1.165, 1.54) is 0 Å². The second-order valence-electron chi connectivity index (χ2n) is 5.93. The van der Waals surface area contributed by atoms with Crippen LogP contribution >= 0.6 is 0 Å². The molecule has 1 aromatic rings. The maximum Gasteiger partial charge on any atom is 0.310 e. The van der Waals surface area contributed by atoms with E-state index in [9.17, 15) is 9.90 Å². The summed E-state index contributed by atoms with van der Waals surface area (Å²) in [6, 6.07) is 8.14. The lowest BCUT2D eigenvalue weighted by molar-refractivity contribution is -0.153. The Morgan fingerprint density at radius 2 is 2.19 bits per heavy atom. The SMILES string of the molecule is CCC1(C(=O)O)CCCN(C(C)c2ccccc2OC)C1. The lowest BCUT2D eigenvalue weighted by Crippen LogP contribution is -2.48. The highest BCUT2D eigenvalue weighted by molar-refractivity contribution is 5.75. The van der Waals surface area contributed by atoms with E-state index in [1.54, 1.807) is 7.11 Å². The van der Waals surface area contributed by atoms with Gasteiger partial charge >= 0.3 is 5.97 Å². The molecule has 1 N–H and O–H groups in total. The lowest BCUT2D eigenvalue weighted by atomic mass is 9.77. The lowest BCUT2D eigenvalue weighted by Gasteiger charge is -2.42. The van der Waals surface area contributed by atoms with Crippen LogP contribution in [0.5, 0.6) is 5.75 Å². The maximum atomic E-state index is 11.7. The quantitative estimate of drug-likeness (QED) is 0.904. The number of para-hydroxylation sites is 1. The predicted molar refractivity (Wildman–Crippen MR) is 82.6 cm³/mol. The largest absolute Gasteiger partial charge is 0.496 e. The number of aliphatic carboxylic acids is 1. The van der Waals surface area contributed by atoms with Crippen LogP contribution in [0.3, 0.4) is 0 Å². The van der Waals surface area contributed by atoms with Gasteiger partial charge in [0.25, 0.3) is 0 Å². The van der Waals surface area contributed by atoms with Crippen LogP contribution in [-0.4, -0.2) is 36.2 Å². The van der Waals surface area contributed by atoms with Crippen molar-refractivity contribution >= 4 is 5.97 Å². The molecule has 0 amide bonds. The van der Waals surface area contributed by atoms with Crippen molar-refractivity contribution in [3.8, 4) is 5.75 Å². The minimum atomic E-state index is -0.665. The summed E-state index contributed by atoms with van der Waals surface area (Å²) in [7, 11) is 1.68. The van der Waals surface area contributed by atoms with Gasteiger partial charge in [-0.25, -0.2) is 0 Å². The van der Waals surface area contributed by atoms with E-state index in [-0.39, 0.29) is 6.04 Å². The Bertz CT molecular complexity index is 503. The van der Waals surface area contributed by atoms with Crippen LogP contribution in [0.4, 0.5) is 0 Å². The molecule has 0 radical (unpaired) electrons. The van der Waals surface area contributed by atoms with Crippen molar-refractivity contribution in [2.75, 3.05) is 20.2 Å². The number of rotatable bonds is 5. The van der Waals surface area contributed by atoms with Gasteiger partial charge in [-0.1, -0.05) is 25.1 Å². The number of benzene rings is 1. The van der Waals surface area contributed by atoms with Crippen LogP contribution < -0.4 is 4.74 Å². The zero-order chi connectivity index (χ0) is 15.5. The van der Waals surface area contributed by atoms with Gasteiger partial charge < -0.3 is 9.84 Å². The van der Waals surface area contributed by atoms with E-state index in [1.807, 2.05) is 25.1 Å². The third kappa shape index (κ3) is 3.05. The van der Waals surface area contributed by atoms with Gasteiger partial charge in [0.1, 0.15) is 5.75 Å². The summed E-state index contributed by atoms with van der Waals surface area (Å²) in [6.45, 7) is 5.66. The Balaban J connectivity index is 2.23. The Morgan fingerprint density at radius 1 is 1.48 bits per heavy atom. The standard InChI is InChI=1S/C17H25NO3/c1-4-17(16(19)20)10-7-11-18(12-17)13(2)14-8-5-6-9-15(14)21-3/h5-6,8-9,13H,4,7,10-12H2,1-3H3,(H,19,20). The van der Waals surface area contributed by atoms with Crippen molar-refractivity contribution in [1.29, 1.82) is 0 Å². The molecule has 0 spiro atoms. The van der Waals surface area contributed by atoms with Gasteiger partial charge in [0.05, 0.1) is 12.5 Å². The summed E-state index contributed by atoms with van der Waals surface area (Å²) in [5, 5.41) is 9.61. The third-order valence-electron chi connectivity index (χ3n) is 4.87. The zero-order valence-corrected chi connectivity index (χ0v) is 13.1. The predicted octanol–water partition coefficient (Wildman–Crippen LogP) is 3.33. The second-order valence-corrected chi connectivity index (χ2v) is 5.93. The van der Waals surface area contributed by atoms with E-state index in [2.05, 4.69) is 17.9 Å². The van der Waals surface area contributed by atoms with E-state index in [4.69, 9.17) is 4.74 Å². The number of hydrogen-bond donors (Lipinski definition) is 1. The highest BCUT2D eigenvalue weighted by Gasteiger charge is 2.42. The molecule has 0 saturated carbocycles. The molecule has 2 unspecified atom stereocenters.